The number of halogens is 3. The largest absolute Gasteiger partial charge is 0.405 e. The molecule has 0 saturated heterocycles. The van der Waals surface area contributed by atoms with Gasteiger partial charge in [0.15, 0.2) is 0 Å². The second kappa shape index (κ2) is 8.77. The van der Waals surface area contributed by atoms with Crippen LogP contribution in [0.15, 0.2) is 24.3 Å². The van der Waals surface area contributed by atoms with Crippen LogP contribution in [0.4, 0.5) is 24.9 Å². The van der Waals surface area contributed by atoms with Crippen molar-refractivity contribution in [2.45, 2.75) is 37.8 Å². The van der Waals surface area contributed by atoms with Gasteiger partial charge >= 0.3 is 6.18 Å². The minimum atomic E-state index is -4.45. The topological polar surface area (TPSA) is 123 Å². The Morgan fingerprint density at radius 1 is 1.12 bits per heavy atom. The molecule has 0 amide bonds. The zero-order valence-electron chi connectivity index (χ0n) is 17.0. The fourth-order valence-electron chi connectivity index (χ4n) is 3.80. The highest BCUT2D eigenvalue weighted by molar-refractivity contribution is 7.21. The predicted molar refractivity (Wildman–Crippen MR) is 115 cm³/mol. The fourth-order valence-corrected chi connectivity index (χ4v) is 4.86. The Labute approximate surface area is 185 Å². The predicted octanol–water partition coefficient (Wildman–Crippen LogP) is 2.55. The summed E-state index contributed by atoms with van der Waals surface area (Å²) in [6, 6.07) is 6.81. The average Bonchev–Trinajstić information content (AvgIpc) is 3.27. The molecule has 4 atom stereocenters. The molecule has 2 aromatic heterocycles. The molecule has 0 aliphatic heterocycles. The van der Waals surface area contributed by atoms with E-state index in [9.17, 15) is 28.5 Å². The first kappa shape index (κ1) is 22.6. The SMILES string of the molecule is Cc1nc(NCC(F)(F)F)nc(NC2CC(CO)C(O)C2O)c1-c1nc2ccccc2s1. The third-order valence-corrected chi connectivity index (χ3v) is 6.46. The molecule has 2 heterocycles. The number of aryl methyl sites for hydroxylation is 1. The number of nitrogens with one attached hydrogen (secondary N) is 2. The quantitative estimate of drug-likeness (QED) is 0.373. The Hall–Kier alpha value is -2.54. The van der Waals surface area contributed by atoms with Crippen molar-refractivity contribution < 1.29 is 28.5 Å². The van der Waals surface area contributed by atoms with Gasteiger partial charge in [-0.3, -0.25) is 0 Å². The number of hydrogen-bond donors (Lipinski definition) is 5. The molecule has 4 rings (SSSR count). The third kappa shape index (κ3) is 4.63. The zero-order valence-corrected chi connectivity index (χ0v) is 17.8. The number of benzene rings is 1. The lowest BCUT2D eigenvalue weighted by Crippen LogP contribution is -2.36. The number of thiazole rings is 1. The minimum Gasteiger partial charge on any atom is -0.396 e. The van der Waals surface area contributed by atoms with Crippen LogP contribution in [0.5, 0.6) is 0 Å². The van der Waals surface area contributed by atoms with E-state index >= 15 is 0 Å². The van der Waals surface area contributed by atoms with Gasteiger partial charge in [-0.2, -0.15) is 18.2 Å². The van der Waals surface area contributed by atoms with Crippen LogP contribution in [0.2, 0.25) is 0 Å². The van der Waals surface area contributed by atoms with Crippen molar-refractivity contribution in [2.24, 2.45) is 5.92 Å². The third-order valence-electron chi connectivity index (χ3n) is 5.40. The summed E-state index contributed by atoms with van der Waals surface area (Å²) in [7, 11) is 0. The summed E-state index contributed by atoms with van der Waals surface area (Å²) in [6.07, 6.45) is -6.50. The van der Waals surface area contributed by atoms with Gasteiger partial charge in [-0.15, -0.1) is 11.3 Å². The standard InChI is InChI=1S/C20H22F3N5O3S/c1-9-14(18-27-11-4-2-3-5-13(11)32-18)17(28-19(25-9)24-8-20(21,22)23)26-12-6-10(7-29)15(30)16(12)31/h2-5,10,12,15-16,29-31H,6-8H2,1H3,(H2,24,25,26,28). The highest BCUT2D eigenvalue weighted by Crippen LogP contribution is 2.38. The molecule has 3 aromatic rings. The van der Waals surface area contributed by atoms with Gasteiger partial charge < -0.3 is 26.0 Å². The molecular formula is C20H22F3N5O3S. The van der Waals surface area contributed by atoms with E-state index < -0.39 is 36.9 Å². The Balaban J connectivity index is 1.74. The molecule has 1 saturated carbocycles. The van der Waals surface area contributed by atoms with E-state index in [-0.39, 0.29) is 24.8 Å². The molecule has 1 aliphatic rings. The number of alkyl halides is 3. The number of aliphatic hydroxyl groups excluding tert-OH is 3. The summed E-state index contributed by atoms with van der Waals surface area (Å²) < 4.78 is 39.0. The number of para-hydroxylation sites is 1. The summed E-state index contributed by atoms with van der Waals surface area (Å²) in [5.41, 5.74) is 1.66. The summed E-state index contributed by atoms with van der Waals surface area (Å²) >= 11 is 1.38. The number of aromatic nitrogens is 3. The summed E-state index contributed by atoms with van der Waals surface area (Å²) in [6.45, 7) is 0.0372. The molecule has 1 aliphatic carbocycles. The lowest BCUT2D eigenvalue weighted by Gasteiger charge is -2.21. The number of hydrogen-bond acceptors (Lipinski definition) is 9. The van der Waals surface area contributed by atoms with Crippen LogP contribution < -0.4 is 10.6 Å². The van der Waals surface area contributed by atoms with Crippen molar-refractivity contribution in [1.29, 1.82) is 0 Å². The lowest BCUT2D eigenvalue weighted by atomic mass is 10.1. The fraction of sp³-hybridized carbons (Fsp3) is 0.450. The molecule has 8 nitrogen and oxygen atoms in total. The second-order valence-electron chi connectivity index (χ2n) is 7.72. The van der Waals surface area contributed by atoms with E-state index in [1.165, 1.54) is 11.3 Å². The lowest BCUT2D eigenvalue weighted by molar-refractivity contribution is -0.115. The van der Waals surface area contributed by atoms with Gasteiger partial charge in [-0.05, 0) is 25.5 Å². The second-order valence-corrected chi connectivity index (χ2v) is 8.75. The Morgan fingerprint density at radius 3 is 2.53 bits per heavy atom. The van der Waals surface area contributed by atoms with Crippen LogP contribution in [0.25, 0.3) is 20.8 Å². The summed E-state index contributed by atoms with van der Waals surface area (Å²) in [5.74, 6) is -0.561. The van der Waals surface area contributed by atoms with Crippen LogP contribution in [0, 0.1) is 12.8 Å². The zero-order chi connectivity index (χ0) is 23.0. The summed E-state index contributed by atoms with van der Waals surface area (Å²) in [5, 5.41) is 35.8. The van der Waals surface area contributed by atoms with Crippen LogP contribution in [0.1, 0.15) is 12.1 Å². The number of nitrogens with zero attached hydrogens (tertiary/aromatic N) is 3. The highest BCUT2D eigenvalue weighted by Gasteiger charge is 2.41. The van der Waals surface area contributed by atoms with E-state index in [0.29, 0.717) is 16.3 Å². The number of anilines is 2. The van der Waals surface area contributed by atoms with Gasteiger partial charge in [0.1, 0.15) is 23.5 Å². The maximum absolute atomic E-state index is 12.7. The van der Waals surface area contributed by atoms with Crippen LogP contribution in [0.3, 0.4) is 0 Å². The monoisotopic (exact) mass is 469 g/mol. The van der Waals surface area contributed by atoms with Gasteiger partial charge in [0, 0.05) is 12.5 Å². The van der Waals surface area contributed by atoms with Crippen LogP contribution in [-0.4, -0.2) is 67.8 Å². The van der Waals surface area contributed by atoms with E-state index in [2.05, 4.69) is 25.6 Å². The van der Waals surface area contributed by atoms with Gasteiger partial charge in [0.25, 0.3) is 0 Å². The first-order chi connectivity index (χ1) is 15.2. The van der Waals surface area contributed by atoms with Gasteiger partial charge in [0.2, 0.25) is 5.95 Å². The molecule has 0 radical (unpaired) electrons. The molecular weight excluding hydrogens is 447 g/mol. The maximum Gasteiger partial charge on any atom is 0.405 e. The number of aliphatic hydroxyl groups is 3. The van der Waals surface area contributed by atoms with Crippen molar-refractivity contribution in [2.75, 3.05) is 23.8 Å². The molecule has 0 spiro atoms. The van der Waals surface area contributed by atoms with Gasteiger partial charge in [0.05, 0.1) is 33.6 Å². The van der Waals surface area contributed by atoms with Gasteiger partial charge in [-0.1, -0.05) is 12.1 Å². The molecule has 1 aromatic carbocycles. The number of rotatable bonds is 6. The average molecular weight is 469 g/mol. The van der Waals surface area contributed by atoms with E-state index in [0.717, 1.165) is 10.2 Å². The van der Waals surface area contributed by atoms with Crippen molar-refractivity contribution in [3.05, 3.63) is 30.0 Å². The van der Waals surface area contributed by atoms with E-state index in [4.69, 9.17) is 0 Å². The molecule has 0 bridgehead atoms. The molecule has 5 N–H and O–H groups in total. The van der Waals surface area contributed by atoms with Crippen LogP contribution >= 0.6 is 11.3 Å². The number of fused-ring (bicyclic) bond motifs is 1. The van der Waals surface area contributed by atoms with Crippen molar-refractivity contribution >= 4 is 33.3 Å². The first-order valence-corrected chi connectivity index (χ1v) is 10.8. The minimum absolute atomic E-state index is 0.191. The first-order valence-electron chi connectivity index (χ1n) is 9.95. The van der Waals surface area contributed by atoms with Crippen molar-refractivity contribution in [3.8, 4) is 10.6 Å². The maximum atomic E-state index is 12.7. The van der Waals surface area contributed by atoms with Crippen molar-refractivity contribution in [3.63, 3.8) is 0 Å². The molecule has 1 fully saturated rings. The normalized spacial score (nSPS) is 23.6. The highest BCUT2D eigenvalue weighted by atomic mass is 32.1. The Morgan fingerprint density at radius 2 is 1.88 bits per heavy atom. The summed E-state index contributed by atoms with van der Waals surface area (Å²) in [4.78, 5) is 13.0. The Bertz CT molecular complexity index is 1080. The molecule has 12 heteroatoms. The van der Waals surface area contributed by atoms with E-state index in [1.54, 1.807) is 6.92 Å². The molecule has 32 heavy (non-hydrogen) atoms. The van der Waals surface area contributed by atoms with E-state index in [1.807, 2.05) is 24.3 Å². The van der Waals surface area contributed by atoms with Gasteiger partial charge in [-0.25, -0.2) is 9.97 Å². The van der Waals surface area contributed by atoms with Crippen molar-refractivity contribution in [1.82, 2.24) is 15.0 Å². The smallest absolute Gasteiger partial charge is 0.396 e. The molecule has 4 unspecified atom stereocenters. The van der Waals surface area contributed by atoms with Crippen LogP contribution in [-0.2, 0) is 0 Å². The molecule has 172 valence electrons. The Kier molecular flexibility index (Phi) is 6.21.